The Bertz CT molecular complexity index is 527. The summed E-state index contributed by atoms with van der Waals surface area (Å²) in [4.78, 5) is 0. The van der Waals surface area contributed by atoms with Crippen molar-refractivity contribution < 1.29 is 9.13 Å². The summed E-state index contributed by atoms with van der Waals surface area (Å²) in [6.45, 7) is 5.48. The van der Waals surface area contributed by atoms with Gasteiger partial charge in [-0.1, -0.05) is 42.5 Å². The average molecular weight is 287 g/mol. The first-order valence-electron chi connectivity index (χ1n) is 7.36. The predicted octanol–water partition coefficient (Wildman–Crippen LogP) is 3.93. The first kappa shape index (κ1) is 15.7. The monoisotopic (exact) mass is 287 g/mol. The molecule has 2 nitrogen and oxygen atoms in total. The fraction of sp³-hybridized carbons (Fsp3) is 0.333. The zero-order valence-corrected chi connectivity index (χ0v) is 12.6. The lowest BCUT2D eigenvalue weighted by atomic mass is 9.98. The summed E-state index contributed by atoms with van der Waals surface area (Å²) in [5, 5.41) is 3.51. The standard InChI is InChI=1S/C18H22FNO/c1-3-21-14(2)13-20-18(15-7-5-4-6-8-15)16-9-11-17(19)12-10-16/h4-12,14,18,20H,3,13H2,1-2H3. The molecular formula is C18H22FNO. The molecular weight excluding hydrogens is 265 g/mol. The molecule has 0 spiro atoms. The molecule has 3 heteroatoms. The van der Waals surface area contributed by atoms with E-state index in [9.17, 15) is 4.39 Å². The smallest absolute Gasteiger partial charge is 0.123 e. The Morgan fingerprint density at radius 1 is 1.00 bits per heavy atom. The maximum absolute atomic E-state index is 13.1. The lowest BCUT2D eigenvalue weighted by molar-refractivity contribution is 0.0748. The third kappa shape index (κ3) is 4.66. The molecule has 0 aliphatic carbocycles. The van der Waals surface area contributed by atoms with Crippen LogP contribution in [0.2, 0.25) is 0 Å². The van der Waals surface area contributed by atoms with Crippen LogP contribution in [0.1, 0.15) is 31.0 Å². The molecule has 0 saturated heterocycles. The molecule has 1 N–H and O–H groups in total. The van der Waals surface area contributed by atoms with Crippen molar-refractivity contribution in [1.82, 2.24) is 5.32 Å². The zero-order valence-electron chi connectivity index (χ0n) is 12.6. The van der Waals surface area contributed by atoms with Crippen molar-refractivity contribution >= 4 is 0 Å². The van der Waals surface area contributed by atoms with Gasteiger partial charge in [-0.05, 0) is 37.1 Å². The minimum absolute atomic E-state index is 0.0368. The number of hydrogen-bond donors (Lipinski definition) is 1. The highest BCUT2D eigenvalue weighted by Crippen LogP contribution is 2.22. The van der Waals surface area contributed by atoms with Crippen LogP contribution in [0.25, 0.3) is 0 Å². The highest BCUT2D eigenvalue weighted by molar-refractivity contribution is 5.31. The van der Waals surface area contributed by atoms with Crippen LogP contribution in [-0.2, 0) is 4.74 Å². The van der Waals surface area contributed by atoms with E-state index in [1.54, 1.807) is 0 Å². The summed E-state index contributed by atoms with van der Waals surface area (Å²) in [7, 11) is 0. The van der Waals surface area contributed by atoms with Crippen LogP contribution in [0.4, 0.5) is 4.39 Å². The van der Waals surface area contributed by atoms with Gasteiger partial charge >= 0.3 is 0 Å². The summed E-state index contributed by atoms with van der Waals surface area (Å²) in [6, 6.07) is 16.9. The van der Waals surface area contributed by atoms with Gasteiger partial charge in [-0.2, -0.15) is 0 Å². The third-order valence-corrected chi connectivity index (χ3v) is 3.40. The van der Waals surface area contributed by atoms with E-state index in [4.69, 9.17) is 4.74 Å². The molecule has 2 atom stereocenters. The summed E-state index contributed by atoms with van der Waals surface area (Å²) < 4.78 is 18.7. The Morgan fingerprint density at radius 2 is 1.62 bits per heavy atom. The van der Waals surface area contributed by atoms with E-state index >= 15 is 0 Å². The Kier molecular flexibility index (Phi) is 5.90. The molecule has 0 saturated carbocycles. The van der Waals surface area contributed by atoms with Crippen molar-refractivity contribution in [2.75, 3.05) is 13.2 Å². The van der Waals surface area contributed by atoms with Crippen LogP contribution in [-0.4, -0.2) is 19.3 Å². The SMILES string of the molecule is CCOC(C)CNC(c1ccccc1)c1ccc(F)cc1. The van der Waals surface area contributed by atoms with Crippen molar-refractivity contribution in [3.8, 4) is 0 Å². The van der Waals surface area contributed by atoms with Crippen LogP contribution in [0.5, 0.6) is 0 Å². The Labute approximate surface area is 126 Å². The first-order chi connectivity index (χ1) is 10.2. The lowest BCUT2D eigenvalue weighted by Crippen LogP contribution is -2.31. The second kappa shape index (κ2) is 7.91. The molecule has 0 radical (unpaired) electrons. The molecule has 0 bridgehead atoms. The summed E-state index contributed by atoms with van der Waals surface area (Å²) >= 11 is 0. The van der Waals surface area contributed by atoms with Gasteiger partial charge in [0, 0.05) is 13.2 Å². The van der Waals surface area contributed by atoms with Crippen LogP contribution >= 0.6 is 0 Å². The summed E-state index contributed by atoms with van der Waals surface area (Å²) in [6.07, 6.45) is 0.140. The van der Waals surface area contributed by atoms with E-state index in [1.165, 1.54) is 12.1 Å². The Balaban J connectivity index is 2.16. The van der Waals surface area contributed by atoms with Crippen LogP contribution in [0.3, 0.4) is 0 Å². The highest BCUT2D eigenvalue weighted by Gasteiger charge is 2.14. The zero-order chi connectivity index (χ0) is 15.1. The van der Waals surface area contributed by atoms with Crippen LogP contribution in [0.15, 0.2) is 54.6 Å². The maximum Gasteiger partial charge on any atom is 0.123 e. The van der Waals surface area contributed by atoms with Gasteiger partial charge in [0.1, 0.15) is 5.82 Å². The lowest BCUT2D eigenvalue weighted by Gasteiger charge is -2.22. The second-order valence-electron chi connectivity index (χ2n) is 5.07. The number of hydrogen-bond acceptors (Lipinski definition) is 2. The van der Waals surface area contributed by atoms with E-state index < -0.39 is 0 Å². The molecule has 0 aliphatic heterocycles. The fourth-order valence-electron chi connectivity index (χ4n) is 2.36. The quantitative estimate of drug-likeness (QED) is 0.833. The minimum atomic E-state index is -0.215. The molecule has 112 valence electrons. The molecule has 0 aromatic heterocycles. The molecule has 2 rings (SSSR count). The van der Waals surface area contributed by atoms with Crippen molar-refractivity contribution in [1.29, 1.82) is 0 Å². The molecule has 2 unspecified atom stereocenters. The Morgan fingerprint density at radius 3 is 2.24 bits per heavy atom. The van der Waals surface area contributed by atoms with Crippen molar-refractivity contribution in [2.24, 2.45) is 0 Å². The van der Waals surface area contributed by atoms with Gasteiger partial charge in [0.2, 0.25) is 0 Å². The average Bonchev–Trinajstić information content (AvgIpc) is 2.50. The van der Waals surface area contributed by atoms with E-state index in [1.807, 2.05) is 44.2 Å². The predicted molar refractivity (Wildman–Crippen MR) is 83.8 cm³/mol. The van der Waals surface area contributed by atoms with E-state index in [0.717, 1.165) is 17.7 Å². The summed E-state index contributed by atoms with van der Waals surface area (Å²) in [5.41, 5.74) is 2.21. The van der Waals surface area contributed by atoms with Gasteiger partial charge in [-0.25, -0.2) is 4.39 Å². The van der Waals surface area contributed by atoms with Crippen molar-refractivity contribution in [2.45, 2.75) is 26.0 Å². The van der Waals surface area contributed by atoms with Gasteiger partial charge < -0.3 is 10.1 Å². The van der Waals surface area contributed by atoms with Crippen LogP contribution in [0, 0.1) is 5.82 Å². The summed E-state index contributed by atoms with van der Waals surface area (Å²) in [5.74, 6) is -0.215. The minimum Gasteiger partial charge on any atom is -0.377 e. The third-order valence-electron chi connectivity index (χ3n) is 3.40. The molecule has 0 amide bonds. The fourth-order valence-corrected chi connectivity index (χ4v) is 2.36. The number of ether oxygens (including phenoxy) is 1. The van der Waals surface area contributed by atoms with E-state index in [2.05, 4.69) is 17.4 Å². The number of nitrogens with one attached hydrogen (secondary N) is 1. The Hall–Kier alpha value is -1.71. The van der Waals surface area contributed by atoms with Gasteiger partial charge in [0.25, 0.3) is 0 Å². The number of benzene rings is 2. The van der Waals surface area contributed by atoms with Gasteiger partial charge in [0.15, 0.2) is 0 Å². The van der Waals surface area contributed by atoms with Crippen molar-refractivity contribution in [3.05, 3.63) is 71.5 Å². The highest BCUT2D eigenvalue weighted by atomic mass is 19.1. The largest absolute Gasteiger partial charge is 0.377 e. The number of rotatable bonds is 7. The molecule has 2 aromatic rings. The van der Waals surface area contributed by atoms with Gasteiger partial charge in [-0.3, -0.25) is 0 Å². The maximum atomic E-state index is 13.1. The van der Waals surface area contributed by atoms with Crippen LogP contribution < -0.4 is 5.32 Å². The van der Waals surface area contributed by atoms with E-state index in [-0.39, 0.29) is 18.0 Å². The second-order valence-corrected chi connectivity index (χ2v) is 5.07. The first-order valence-corrected chi connectivity index (χ1v) is 7.36. The molecule has 0 aliphatic rings. The van der Waals surface area contributed by atoms with E-state index in [0.29, 0.717) is 6.61 Å². The molecule has 0 heterocycles. The normalized spacial score (nSPS) is 13.9. The van der Waals surface area contributed by atoms with Crippen molar-refractivity contribution in [3.63, 3.8) is 0 Å². The molecule has 2 aromatic carbocycles. The van der Waals surface area contributed by atoms with Gasteiger partial charge in [0.05, 0.1) is 12.1 Å². The molecule has 21 heavy (non-hydrogen) atoms. The molecule has 0 fully saturated rings. The van der Waals surface area contributed by atoms with Gasteiger partial charge in [-0.15, -0.1) is 0 Å². The number of halogens is 1. The topological polar surface area (TPSA) is 21.3 Å².